The van der Waals surface area contributed by atoms with Gasteiger partial charge in [-0.3, -0.25) is 0 Å². The molecule has 0 saturated carbocycles. The molecule has 2 rings (SSSR count). The van der Waals surface area contributed by atoms with Gasteiger partial charge in [-0.25, -0.2) is 14.6 Å². The number of methoxy groups -OCH3 is 1. The summed E-state index contributed by atoms with van der Waals surface area (Å²) in [6.45, 7) is 0. The lowest BCUT2D eigenvalue weighted by atomic mass is 10.5. The monoisotopic (exact) mass is 211 g/mol. The van der Waals surface area contributed by atoms with Gasteiger partial charge in [-0.2, -0.15) is 0 Å². The zero-order valence-corrected chi connectivity index (χ0v) is 7.96. The summed E-state index contributed by atoms with van der Waals surface area (Å²) in [7, 11) is 1.20. The molecule has 2 aromatic heterocycles. The largest absolute Gasteiger partial charge is 0.462 e. The van der Waals surface area contributed by atoms with Gasteiger partial charge in [-0.15, -0.1) is 11.3 Å². The maximum atomic E-state index is 11.3. The topological polar surface area (TPSA) is 69.4 Å². The van der Waals surface area contributed by atoms with Crippen LogP contribution in [0.4, 0.5) is 0 Å². The number of hydrogen-bond acceptors (Lipinski definition) is 6. The number of thiophene rings is 1. The fourth-order valence-electron chi connectivity index (χ4n) is 0.984. The zero-order chi connectivity index (χ0) is 10.1. The second kappa shape index (κ2) is 3.22. The number of fused-ring (bicyclic) bond motifs is 1. The molecule has 2 aromatic rings. The van der Waals surface area contributed by atoms with E-state index in [9.17, 15) is 9.59 Å². The van der Waals surface area contributed by atoms with Crippen LogP contribution in [-0.4, -0.2) is 18.1 Å². The minimum atomic E-state index is -0.754. The van der Waals surface area contributed by atoms with Crippen molar-refractivity contribution in [2.45, 2.75) is 0 Å². The number of hydrogen-bond donors (Lipinski definition) is 0. The van der Waals surface area contributed by atoms with Gasteiger partial charge in [0.2, 0.25) is 0 Å². The number of esters is 1. The number of ether oxygens (including phenoxy) is 1. The molecule has 0 aliphatic carbocycles. The van der Waals surface area contributed by atoms with E-state index in [-0.39, 0.29) is 5.89 Å². The molecule has 0 spiro atoms. The van der Waals surface area contributed by atoms with Gasteiger partial charge in [0.05, 0.1) is 12.6 Å². The van der Waals surface area contributed by atoms with E-state index in [1.54, 1.807) is 11.4 Å². The second-order valence-electron chi connectivity index (χ2n) is 2.43. The van der Waals surface area contributed by atoms with E-state index in [2.05, 4.69) is 14.1 Å². The summed E-state index contributed by atoms with van der Waals surface area (Å²) >= 11 is 1.22. The Morgan fingerprint density at radius 1 is 1.64 bits per heavy atom. The summed E-state index contributed by atoms with van der Waals surface area (Å²) in [4.78, 5) is 26.1. The van der Waals surface area contributed by atoms with Gasteiger partial charge in [0.1, 0.15) is 4.70 Å². The Morgan fingerprint density at radius 2 is 2.43 bits per heavy atom. The van der Waals surface area contributed by atoms with Gasteiger partial charge in [0.25, 0.3) is 0 Å². The van der Waals surface area contributed by atoms with Crippen molar-refractivity contribution >= 4 is 27.5 Å². The molecule has 0 aliphatic heterocycles. The molecule has 0 aromatic carbocycles. The minimum absolute atomic E-state index is 0.316. The van der Waals surface area contributed by atoms with Crippen molar-refractivity contribution in [2.24, 2.45) is 0 Å². The molecule has 0 N–H and O–H groups in total. The Bertz CT molecular complexity index is 542. The van der Waals surface area contributed by atoms with Crippen molar-refractivity contribution in [1.82, 2.24) is 4.98 Å². The first-order valence-electron chi connectivity index (χ1n) is 3.69. The summed E-state index contributed by atoms with van der Waals surface area (Å²) in [6, 6.07) is 1.64. The van der Waals surface area contributed by atoms with Crippen LogP contribution in [-0.2, 0) is 4.74 Å². The molecule has 14 heavy (non-hydrogen) atoms. The van der Waals surface area contributed by atoms with E-state index in [1.807, 2.05) is 0 Å². The van der Waals surface area contributed by atoms with Crippen molar-refractivity contribution in [3.63, 3.8) is 0 Å². The van der Waals surface area contributed by atoms with Crippen LogP contribution in [0.1, 0.15) is 10.7 Å². The predicted molar refractivity (Wildman–Crippen MR) is 49.5 cm³/mol. The highest BCUT2D eigenvalue weighted by atomic mass is 32.1. The molecular formula is C8H5NO4S. The highest BCUT2D eigenvalue weighted by molar-refractivity contribution is 7.17. The molecule has 0 amide bonds. The van der Waals surface area contributed by atoms with E-state index in [4.69, 9.17) is 0 Å². The summed E-state index contributed by atoms with van der Waals surface area (Å²) in [5.41, 5.74) is -0.114. The van der Waals surface area contributed by atoms with Crippen molar-refractivity contribution in [3.8, 4) is 0 Å². The third kappa shape index (κ3) is 1.29. The minimum Gasteiger partial charge on any atom is -0.462 e. The van der Waals surface area contributed by atoms with Crippen LogP contribution in [0.5, 0.6) is 0 Å². The molecule has 5 nitrogen and oxygen atoms in total. The number of rotatable bonds is 1. The van der Waals surface area contributed by atoms with Crippen molar-refractivity contribution in [3.05, 3.63) is 27.8 Å². The number of nitrogens with zero attached hydrogens (tertiary/aromatic N) is 1. The Balaban J connectivity index is 2.70. The summed E-state index contributed by atoms with van der Waals surface area (Å²) in [5, 5.41) is 1.70. The van der Waals surface area contributed by atoms with Crippen LogP contribution in [0.2, 0.25) is 0 Å². The molecule has 0 saturated heterocycles. The van der Waals surface area contributed by atoms with Gasteiger partial charge < -0.3 is 9.15 Å². The summed E-state index contributed by atoms with van der Waals surface area (Å²) in [5.74, 6) is -1.07. The fourth-order valence-corrected chi connectivity index (χ4v) is 1.69. The fraction of sp³-hybridized carbons (Fsp3) is 0.125. The van der Waals surface area contributed by atoms with Gasteiger partial charge in [-0.05, 0) is 11.4 Å². The third-order valence-electron chi connectivity index (χ3n) is 1.60. The Kier molecular flexibility index (Phi) is 2.05. The maximum Gasteiger partial charge on any atom is 0.394 e. The van der Waals surface area contributed by atoms with E-state index in [1.165, 1.54) is 18.4 Å². The van der Waals surface area contributed by atoms with Crippen molar-refractivity contribution in [2.75, 3.05) is 7.11 Å². The zero-order valence-electron chi connectivity index (χ0n) is 7.14. The average Bonchev–Trinajstić information content (AvgIpc) is 2.64. The smallest absolute Gasteiger partial charge is 0.394 e. The normalized spacial score (nSPS) is 10.4. The van der Waals surface area contributed by atoms with Crippen LogP contribution in [0, 0.1) is 0 Å². The first-order chi connectivity index (χ1) is 6.72. The SMILES string of the molecule is COC(=O)c1nc2ccsc2c(=O)o1. The molecule has 0 atom stereocenters. The molecule has 2 heterocycles. The summed E-state index contributed by atoms with van der Waals surface area (Å²) < 4.78 is 9.46. The van der Waals surface area contributed by atoms with Crippen LogP contribution in [0.25, 0.3) is 10.2 Å². The molecule has 72 valence electrons. The quantitative estimate of drug-likeness (QED) is 0.659. The molecule has 0 aliphatic rings. The number of aromatic nitrogens is 1. The molecular weight excluding hydrogens is 206 g/mol. The van der Waals surface area contributed by atoms with Gasteiger partial charge in [-0.1, -0.05) is 0 Å². The first-order valence-corrected chi connectivity index (χ1v) is 4.57. The third-order valence-corrected chi connectivity index (χ3v) is 2.48. The lowest BCUT2D eigenvalue weighted by molar-refractivity contribution is 0.0549. The van der Waals surface area contributed by atoms with E-state index < -0.39 is 11.6 Å². The van der Waals surface area contributed by atoms with Crippen molar-refractivity contribution in [1.29, 1.82) is 0 Å². The molecule has 0 fully saturated rings. The van der Waals surface area contributed by atoms with E-state index >= 15 is 0 Å². The standard InChI is InChI=1S/C8H5NO4S/c1-12-8(11)6-9-4-2-3-14-5(4)7(10)13-6/h2-3H,1H3. The van der Waals surface area contributed by atoms with E-state index in [0.717, 1.165) is 0 Å². The van der Waals surface area contributed by atoms with Crippen LogP contribution >= 0.6 is 11.3 Å². The Labute approximate surface area is 81.9 Å². The molecule has 0 bridgehead atoms. The van der Waals surface area contributed by atoms with Crippen LogP contribution in [0.15, 0.2) is 20.7 Å². The summed E-state index contributed by atoms with van der Waals surface area (Å²) in [6.07, 6.45) is 0. The molecule has 0 radical (unpaired) electrons. The average molecular weight is 211 g/mol. The number of carbonyl (C=O) groups is 1. The molecule has 0 unspecified atom stereocenters. The highest BCUT2D eigenvalue weighted by Gasteiger charge is 2.14. The predicted octanol–water partition coefficient (Wildman–Crippen LogP) is 1.04. The van der Waals surface area contributed by atoms with Crippen molar-refractivity contribution < 1.29 is 13.9 Å². The highest BCUT2D eigenvalue weighted by Crippen LogP contribution is 2.14. The van der Waals surface area contributed by atoms with Crippen LogP contribution in [0.3, 0.4) is 0 Å². The Hall–Kier alpha value is -1.69. The van der Waals surface area contributed by atoms with Gasteiger partial charge >= 0.3 is 17.5 Å². The van der Waals surface area contributed by atoms with Crippen LogP contribution < -0.4 is 5.63 Å². The van der Waals surface area contributed by atoms with E-state index in [0.29, 0.717) is 10.2 Å². The Morgan fingerprint density at radius 3 is 3.14 bits per heavy atom. The maximum absolute atomic E-state index is 11.3. The first kappa shape index (κ1) is 8.89. The lowest BCUT2D eigenvalue weighted by Crippen LogP contribution is -2.09. The van der Waals surface area contributed by atoms with Gasteiger partial charge in [0, 0.05) is 0 Å². The lowest BCUT2D eigenvalue weighted by Gasteiger charge is -1.95. The van der Waals surface area contributed by atoms with Gasteiger partial charge in [0.15, 0.2) is 0 Å². The second-order valence-corrected chi connectivity index (χ2v) is 3.35. The number of carbonyl (C=O) groups excluding carboxylic acids is 1. The molecule has 6 heteroatoms.